The molecule has 0 bridgehead atoms. The summed E-state index contributed by atoms with van der Waals surface area (Å²) in [6.07, 6.45) is 4.92. The maximum atomic E-state index is 10.1. The van der Waals surface area contributed by atoms with Crippen molar-refractivity contribution in [3.63, 3.8) is 0 Å². The Hall–Kier alpha value is -0.860. The minimum atomic E-state index is -0.262. The van der Waals surface area contributed by atoms with Crippen LogP contribution in [0.15, 0.2) is 30.3 Å². The zero-order valence-corrected chi connectivity index (χ0v) is 12.8. The van der Waals surface area contributed by atoms with E-state index in [9.17, 15) is 5.11 Å². The first-order chi connectivity index (χ1) is 9.66. The summed E-state index contributed by atoms with van der Waals surface area (Å²) >= 11 is 0. The predicted octanol–water partition coefficient (Wildman–Crippen LogP) is 3.82. The average Bonchev–Trinajstić information content (AvgIpc) is 2.46. The van der Waals surface area contributed by atoms with Crippen molar-refractivity contribution in [2.24, 2.45) is 11.8 Å². The van der Waals surface area contributed by atoms with Gasteiger partial charge in [0, 0.05) is 6.61 Å². The molecule has 0 heterocycles. The highest BCUT2D eigenvalue weighted by atomic mass is 16.5. The molecule has 1 aromatic rings. The van der Waals surface area contributed by atoms with Gasteiger partial charge in [0.1, 0.15) is 0 Å². The van der Waals surface area contributed by atoms with E-state index in [0.29, 0.717) is 11.8 Å². The molecule has 1 fully saturated rings. The maximum absolute atomic E-state index is 10.1. The highest BCUT2D eigenvalue weighted by Crippen LogP contribution is 2.31. The Kier molecular flexibility index (Phi) is 6.06. The van der Waals surface area contributed by atoms with Gasteiger partial charge in [0.15, 0.2) is 0 Å². The molecule has 0 aromatic heterocycles. The van der Waals surface area contributed by atoms with E-state index >= 15 is 0 Å². The fraction of sp³-hybridized carbons (Fsp3) is 0.667. The van der Waals surface area contributed by atoms with Crippen LogP contribution in [0.5, 0.6) is 0 Å². The third kappa shape index (κ3) is 4.60. The molecule has 0 spiro atoms. The molecule has 0 aliphatic heterocycles. The van der Waals surface area contributed by atoms with Crippen LogP contribution >= 0.6 is 0 Å². The molecular weight excluding hydrogens is 248 g/mol. The van der Waals surface area contributed by atoms with Gasteiger partial charge in [0.05, 0.1) is 12.2 Å². The second kappa shape index (κ2) is 7.80. The third-order valence-electron chi connectivity index (χ3n) is 4.52. The molecule has 1 N–H and O–H groups in total. The molecule has 2 heteroatoms. The van der Waals surface area contributed by atoms with Gasteiger partial charge >= 0.3 is 0 Å². The summed E-state index contributed by atoms with van der Waals surface area (Å²) in [6, 6.07) is 10.5. The maximum Gasteiger partial charge on any atom is 0.0836 e. The van der Waals surface area contributed by atoms with Crippen LogP contribution in [-0.4, -0.2) is 23.9 Å². The summed E-state index contributed by atoms with van der Waals surface area (Å²) in [4.78, 5) is 0. The largest absolute Gasteiger partial charge is 0.390 e. The quantitative estimate of drug-likeness (QED) is 0.800. The molecule has 0 radical (unpaired) electrons. The number of rotatable bonds is 6. The van der Waals surface area contributed by atoms with Crippen LogP contribution in [0, 0.1) is 11.8 Å². The summed E-state index contributed by atoms with van der Waals surface area (Å²) in [5.41, 5.74) is 1.36. The van der Waals surface area contributed by atoms with Gasteiger partial charge in [-0.2, -0.15) is 0 Å². The molecule has 1 aliphatic carbocycles. The summed E-state index contributed by atoms with van der Waals surface area (Å²) in [5, 5.41) is 10.1. The van der Waals surface area contributed by atoms with Gasteiger partial charge < -0.3 is 9.84 Å². The van der Waals surface area contributed by atoms with Gasteiger partial charge in [-0.3, -0.25) is 0 Å². The summed E-state index contributed by atoms with van der Waals surface area (Å²) in [7, 11) is 0. The number of hydrogen-bond acceptors (Lipinski definition) is 2. The summed E-state index contributed by atoms with van der Waals surface area (Å²) in [6.45, 7) is 5.30. The van der Waals surface area contributed by atoms with Gasteiger partial charge in [-0.25, -0.2) is 0 Å². The molecular formula is C18H28O2. The Bertz CT molecular complexity index is 374. The van der Waals surface area contributed by atoms with Gasteiger partial charge in [0.2, 0.25) is 0 Å². The number of aryl methyl sites for hydroxylation is 1. The minimum Gasteiger partial charge on any atom is -0.390 e. The lowest BCUT2D eigenvalue weighted by atomic mass is 9.79. The first-order valence-electron chi connectivity index (χ1n) is 8.00. The molecule has 0 amide bonds. The normalized spacial score (nSPS) is 26.9. The Morgan fingerprint density at radius 3 is 2.65 bits per heavy atom. The zero-order chi connectivity index (χ0) is 14.4. The molecule has 1 aromatic carbocycles. The van der Waals surface area contributed by atoms with Crippen LogP contribution in [0.3, 0.4) is 0 Å². The van der Waals surface area contributed by atoms with Gasteiger partial charge in [-0.15, -0.1) is 0 Å². The Labute approximate surface area is 123 Å². The minimum absolute atomic E-state index is 0.0481. The third-order valence-corrected chi connectivity index (χ3v) is 4.52. The number of ether oxygens (including phenoxy) is 1. The topological polar surface area (TPSA) is 29.5 Å². The Morgan fingerprint density at radius 1 is 1.20 bits per heavy atom. The van der Waals surface area contributed by atoms with E-state index < -0.39 is 0 Å². The second-order valence-corrected chi connectivity index (χ2v) is 6.38. The van der Waals surface area contributed by atoms with Crippen molar-refractivity contribution in [1.29, 1.82) is 0 Å². The smallest absolute Gasteiger partial charge is 0.0836 e. The van der Waals surface area contributed by atoms with E-state index in [1.54, 1.807) is 0 Å². The van der Waals surface area contributed by atoms with E-state index in [0.717, 1.165) is 38.7 Å². The molecule has 3 unspecified atom stereocenters. The Morgan fingerprint density at radius 2 is 1.95 bits per heavy atom. The van der Waals surface area contributed by atoms with E-state index in [2.05, 4.69) is 38.1 Å². The molecule has 1 aliphatic rings. The predicted molar refractivity (Wildman–Crippen MR) is 82.7 cm³/mol. The van der Waals surface area contributed by atoms with Crippen LogP contribution in [0.1, 0.15) is 45.1 Å². The van der Waals surface area contributed by atoms with Crippen LogP contribution in [-0.2, 0) is 11.2 Å². The summed E-state index contributed by atoms with van der Waals surface area (Å²) < 4.78 is 5.95. The van der Waals surface area contributed by atoms with Crippen molar-refractivity contribution in [2.45, 2.75) is 58.2 Å². The standard InChI is InChI=1S/C18H28O2/c1-14(2)16-10-11-17(19)18(13-16)20-12-6-9-15-7-4-3-5-8-15/h3-5,7-8,14,16-19H,6,9-13H2,1-2H3. The van der Waals surface area contributed by atoms with Crippen molar-refractivity contribution >= 4 is 0 Å². The van der Waals surface area contributed by atoms with Crippen molar-refractivity contribution in [3.8, 4) is 0 Å². The van der Waals surface area contributed by atoms with Crippen molar-refractivity contribution < 1.29 is 9.84 Å². The van der Waals surface area contributed by atoms with Gasteiger partial charge in [-0.05, 0) is 49.5 Å². The molecule has 3 atom stereocenters. The zero-order valence-electron chi connectivity index (χ0n) is 12.8. The van der Waals surface area contributed by atoms with Crippen molar-refractivity contribution in [2.75, 3.05) is 6.61 Å². The first kappa shape index (κ1) is 15.5. The average molecular weight is 276 g/mol. The van der Waals surface area contributed by atoms with E-state index in [-0.39, 0.29) is 12.2 Å². The number of hydrogen-bond donors (Lipinski definition) is 1. The second-order valence-electron chi connectivity index (χ2n) is 6.38. The molecule has 20 heavy (non-hydrogen) atoms. The monoisotopic (exact) mass is 276 g/mol. The number of aliphatic hydroxyl groups is 1. The van der Waals surface area contributed by atoms with Crippen LogP contribution in [0.2, 0.25) is 0 Å². The summed E-state index contributed by atoms with van der Waals surface area (Å²) in [5.74, 6) is 1.40. The molecule has 2 nitrogen and oxygen atoms in total. The van der Waals surface area contributed by atoms with E-state index in [1.807, 2.05) is 6.07 Å². The van der Waals surface area contributed by atoms with Crippen LogP contribution < -0.4 is 0 Å². The SMILES string of the molecule is CC(C)C1CCC(O)C(OCCCc2ccccc2)C1. The van der Waals surface area contributed by atoms with E-state index in [4.69, 9.17) is 4.74 Å². The van der Waals surface area contributed by atoms with E-state index in [1.165, 1.54) is 5.56 Å². The lowest BCUT2D eigenvalue weighted by molar-refractivity contribution is -0.0765. The lowest BCUT2D eigenvalue weighted by Gasteiger charge is -2.35. The van der Waals surface area contributed by atoms with Crippen LogP contribution in [0.25, 0.3) is 0 Å². The molecule has 0 saturated heterocycles. The lowest BCUT2D eigenvalue weighted by Crippen LogP contribution is -2.37. The molecule has 112 valence electrons. The highest BCUT2D eigenvalue weighted by molar-refractivity contribution is 5.14. The highest BCUT2D eigenvalue weighted by Gasteiger charge is 2.30. The first-order valence-corrected chi connectivity index (χ1v) is 8.00. The Balaban J connectivity index is 1.70. The van der Waals surface area contributed by atoms with Gasteiger partial charge in [-0.1, -0.05) is 44.2 Å². The molecule has 2 rings (SSSR count). The van der Waals surface area contributed by atoms with Crippen molar-refractivity contribution in [1.82, 2.24) is 0 Å². The number of aliphatic hydroxyl groups excluding tert-OH is 1. The fourth-order valence-electron chi connectivity index (χ4n) is 3.08. The van der Waals surface area contributed by atoms with Gasteiger partial charge in [0.25, 0.3) is 0 Å². The molecule has 1 saturated carbocycles. The fourth-order valence-corrected chi connectivity index (χ4v) is 3.08. The van der Waals surface area contributed by atoms with Crippen molar-refractivity contribution in [3.05, 3.63) is 35.9 Å². The van der Waals surface area contributed by atoms with Crippen LogP contribution in [0.4, 0.5) is 0 Å². The number of benzene rings is 1.